The first kappa shape index (κ1) is 23.0. The van der Waals surface area contributed by atoms with E-state index in [4.69, 9.17) is 0 Å². The Morgan fingerprint density at radius 1 is 1.00 bits per heavy atom. The van der Waals surface area contributed by atoms with Gasteiger partial charge in [0, 0.05) is 16.6 Å². The monoisotopic (exact) mass is 504 g/mol. The number of halogens is 2. The van der Waals surface area contributed by atoms with Crippen molar-refractivity contribution in [2.45, 2.75) is 13.0 Å². The highest BCUT2D eigenvalue weighted by Gasteiger charge is 2.18. The molecule has 31 heavy (non-hydrogen) atoms. The Hall–Kier alpha value is -2.71. The molecule has 0 unspecified atom stereocenters. The first-order valence-electron chi connectivity index (χ1n) is 9.57. The standard InChI is InChI=1S/C23H22BrFN2O3S/c1-31(29,30)27(22-4-2-3-20(24)15-22)16-18-5-9-19(10-6-18)23(28)26-14-13-17-7-11-21(25)12-8-17/h2-12,15H,13-14,16H2,1H3,(H,26,28). The molecule has 0 aliphatic heterocycles. The van der Waals surface area contributed by atoms with Crippen molar-refractivity contribution in [2.24, 2.45) is 0 Å². The number of hydrogen-bond acceptors (Lipinski definition) is 3. The Bertz CT molecular complexity index is 1150. The number of rotatable bonds is 8. The lowest BCUT2D eigenvalue weighted by atomic mass is 10.1. The van der Waals surface area contributed by atoms with Gasteiger partial charge in [0.25, 0.3) is 5.91 Å². The number of benzene rings is 3. The number of amides is 1. The zero-order chi connectivity index (χ0) is 22.4. The molecule has 1 amide bonds. The van der Waals surface area contributed by atoms with Crippen LogP contribution in [0.4, 0.5) is 10.1 Å². The van der Waals surface area contributed by atoms with Crippen molar-refractivity contribution < 1.29 is 17.6 Å². The lowest BCUT2D eigenvalue weighted by molar-refractivity contribution is 0.0954. The average molecular weight is 505 g/mol. The molecule has 0 fully saturated rings. The Kier molecular flexibility index (Phi) is 7.46. The Balaban J connectivity index is 1.63. The van der Waals surface area contributed by atoms with Gasteiger partial charge in [-0.2, -0.15) is 0 Å². The van der Waals surface area contributed by atoms with Crippen LogP contribution in [-0.4, -0.2) is 27.1 Å². The fourth-order valence-electron chi connectivity index (χ4n) is 3.03. The van der Waals surface area contributed by atoms with Gasteiger partial charge in [-0.1, -0.05) is 46.3 Å². The molecule has 3 aromatic rings. The molecule has 0 aliphatic carbocycles. The molecule has 3 rings (SSSR count). The van der Waals surface area contributed by atoms with E-state index in [0.717, 1.165) is 21.9 Å². The van der Waals surface area contributed by atoms with Crippen LogP contribution < -0.4 is 9.62 Å². The minimum atomic E-state index is -3.49. The molecule has 8 heteroatoms. The summed E-state index contributed by atoms with van der Waals surface area (Å²) in [6, 6.07) is 20.1. The lowest BCUT2D eigenvalue weighted by Crippen LogP contribution is -2.29. The van der Waals surface area contributed by atoms with Crippen molar-refractivity contribution >= 4 is 37.5 Å². The molecule has 0 spiro atoms. The minimum absolute atomic E-state index is 0.155. The van der Waals surface area contributed by atoms with E-state index < -0.39 is 10.0 Å². The topological polar surface area (TPSA) is 66.5 Å². The van der Waals surface area contributed by atoms with Crippen molar-refractivity contribution in [3.63, 3.8) is 0 Å². The molecule has 0 atom stereocenters. The average Bonchev–Trinajstić information content (AvgIpc) is 2.73. The molecule has 0 heterocycles. The van der Waals surface area contributed by atoms with Crippen LogP contribution in [0.15, 0.2) is 77.3 Å². The summed E-state index contributed by atoms with van der Waals surface area (Å²) < 4.78 is 39.6. The molecule has 0 saturated carbocycles. The first-order chi connectivity index (χ1) is 14.7. The molecule has 0 saturated heterocycles. The zero-order valence-corrected chi connectivity index (χ0v) is 19.3. The maximum Gasteiger partial charge on any atom is 0.251 e. The minimum Gasteiger partial charge on any atom is -0.352 e. The van der Waals surface area contributed by atoms with Crippen molar-refractivity contribution in [3.05, 3.63) is 99.8 Å². The summed E-state index contributed by atoms with van der Waals surface area (Å²) >= 11 is 3.36. The van der Waals surface area contributed by atoms with Crippen LogP contribution in [0.3, 0.4) is 0 Å². The van der Waals surface area contributed by atoms with Crippen LogP contribution in [0.1, 0.15) is 21.5 Å². The van der Waals surface area contributed by atoms with E-state index in [2.05, 4.69) is 21.2 Å². The molecule has 162 valence electrons. The third-order valence-corrected chi connectivity index (χ3v) is 6.29. The van der Waals surface area contributed by atoms with Gasteiger partial charge in [0.05, 0.1) is 18.5 Å². The van der Waals surface area contributed by atoms with E-state index in [9.17, 15) is 17.6 Å². The maximum atomic E-state index is 12.9. The molecule has 0 bridgehead atoms. The van der Waals surface area contributed by atoms with Crippen molar-refractivity contribution in [2.75, 3.05) is 17.1 Å². The Morgan fingerprint density at radius 2 is 1.65 bits per heavy atom. The maximum absolute atomic E-state index is 12.9. The van der Waals surface area contributed by atoms with Crippen molar-refractivity contribution in [3.8, 4) is 0 Å². The summed E-state index contributed by atoms with van der Waals surface area (Å²) in [6.07, 6.45) is 1.76. The van der Waals surface area contributed by atoms with E-state index in [-0.39, 0.29) is 18.3 Å². The fourth-order valence-corrected chi connectivity index (χ4v) is 4.30. The second-order valence-electron chi connectivity index (χ2n) is 7.08. The van der Waals surface area contributed by atoms with Gasteiger partial charge in [0.1, 0.15) is 5.82 Å². The SMILES string of the molecule is CS(=O)(=O)N(Cc1ccc(C(=O)NCCc2ccc(F)cc2)cc1)c1cccc(Br)c1. The molecule has 5 nitrogen and oxygen atoms in total. The molecule has 3 aromatic carbocycles. The summed E-state index contributed by atoms with van der Waals surface area (Å²) in [5.41, 5.74) is 2.73. The van der Waals surface area contributed by atoms with E-state index in [0.29, 0.717) is 24.2 Å². The summed E-state index contributed by atoms with van der Waals surface area (Å²) in [7, 11) is -3.49. The lowest BCUT2D eigenvalue weighted by Gasteiger charge is -2.23. The van der Waals surface area contributed by atoms with Gasteiger partial charge in [-0.3, -0.25) is 9.10 Å². The van der Waals surface area contributed by atoms with Gasteiger partial charge in [-0.25, -0.2) is 12.8 Å². The van der Waals surface area contributed by atoms with Crippen molar-refractivity contribution in [1.82, 2.24) is 5.32 Å². The van der Waals surface area contributed by atoms with Gasteiger partial charge < -0.3 is 5.32 Å². The number of carbonyl (C=O) groups is 1. The quantitative estimate of drug-likeness (QED) is 0.490. The third-order valence-electron chi connectivity index (χ3n) is 4.65. The largest absolute Gasteiger partial charge is 0.352 e. The van der Waals surface area contributed by atoms with Crippen LogP contribution in [0.25, 0.3) is 0 Å². The van der Waals surface area contributed by atoms with E-state index in [1.165, 1.54) is 16.4 Å². The van der Waals surface area contributed by atoms with E-state index >= 15 is 0 Å². The van der Waals surface area contributed by atoms with E-state index in [1.54, 1.807) is 54.6 Å². The molecular weight excluding hydrogens is 483 g/mol. The summed E-state index contributed by atoms with van der Waals surface area (Å²) in [5, 5.41) is 2.83. The van der Waals surface area contributed by atoms with Crippen LogP contribution in [0.2, 0.25) is 0 Å². The predicted molar refractivity (Wildman–Crippen MR) is 124 cm³/mol. The Labute approximate surface area is 190 Å². The number of nitrogens with one attached hydrogen (secondary N) is 1. The van der Waals surface area contributed by atoms with Crippen LogP contribution >= 0.6 is 15.9 Å². The Morgan fingerprint density at radius 3 is 2.26 bits per heavy atom. The second kappa shape index (κ2) is 10.1. The number of carbonyl (C=O) groups excluding carboxylic acids is 1. The number of sulfonamides is 1. The van der Waals surface area contributed by atoms with Crippen LogP contribution in [-0.2, 0) is 23.0 Å². The number of nitrogens with zero attached hydrogens (tertiary/aromatic N) is 1. The molecular formula is C23H22BrFN2O3S. The van der Waals surface area contributed by atoms with Gasteiger partial charge >= 0.3 is 0 Å². The smallest absolute Gasteiger partial charge is 0.251 e. The molecule has 1 N–H and O–H groups in total. The highest BCUT2D eigenvalue weighted by molar-refractivity contribution is 9.10. The van der Waals surface area contributed by atoms with Crippen LogP contribution in [0.5, 0.6) is 0 Å². The summed E-state index contributed by atoms with van der Waals surface area (Å²) in [5.74, 6) is -0.511. The first-order valence-corrected chi connectivity index (χ1v) is 12.2. The van der Waals surface area contributed by atoms with Gasteiger partial charge in [0.15, 0.2) is 0 Å². The number of anilines is 1. The molecule has 0 aromatic heterocycles. The van der Waals surface area contributed by atoms with Gasteiger partial charge in [-0.05, 0) is 60.0 Å². The summed E-state index contributed by atoms with van der Waals surface area (Å²) in [4.78, 5) is 12.4. The predicted octanol–water partition coefficient (Wildman–Crippen LogP) is 4.53. The number of hydrogen-bond donors (Lipinski definition) is 1. The van der Waals surface area contributed by atoms with Crippen molar-refractivity contribution in [1.29, 1.82) is 0 Å². The van der Waals surface area contributed by atoms with Gasteiger partial charge in [0.2, 0.25) is 10.0 Å². The molecule has 0 aliphatic rings. The second-order valence-corrected chi connectivity index (χ2v) is 9.90. The van der Waals surface area contributed by atoms with E-state index in [1.807, 2.05) is 6.07 Å². The molecule has 0 radical (unpaired) electrons. The highest BCUT2D eigenvalue weighted by atomic mass is 79.9. The normalized spacial score (nSPS) is 11.2. The zero-order valence-electron chi connectivity index (χ0n) is 16.9. The fraction of sp³-hybridized carbons (Fsp3) is 0.174. The third kappa shape index (κ3) is 6.63. The summed E-state index contributed by atoms with van der Waals surface area (Å²) in [6.45, 7) is 0.582. The van der Waals surface area contributed by atoms with Crippen LogP contribution in [0, 0.1) is 5.82 Å². The van der Waals surface area contributed by atoms with Gasteiger partial charge in [-0.15, -0.1) is 0 Å². The highest BCUT2D eigenvalue weighted by Crippen LogP contribution is 2.24.